The van der Waals surface area contributed by atoms with Crippen LogP contribution >= 0.6 is 23.2 Å². The highest BCUT2D eigenvalue weighted by Crippen LogP contribution is 2.38. The molecule has 0 fully saturated rings. The van der Waals surface area contributed by atoms with Gasteiger partial charge in [0.25, 0.3) is 0 Å². The summed E-state index contributed by atoms with van der Waals surface area (Å²) in [5.74, 6) is -0.558. The lowest BCUT2D eigenvalue weighted by atomic mass is 9.95. The molecule has 0 aliphatic carbocycles. The number of methoxy groups -OCH3 is 1. The second-order valence-corrected chi connectivity index (χ2v) is 6.02. The lowest BCUT2D eigenvalue weighted by Gasteiger charge is -2.33. The number of rotatable bonds is 5. The van der Waals surface area contributed by atoms with E-state index in [1.54, 1.807) is 32.2 Å². The van der Waals surface area contributed by atoms with Gasteiger partial charge in [0.15, 0.2) is 0 Å². The van der Waals surface area contributed by atoms with Gasteiger partial charge in [0.2, 0.25) is 0 Å². The maximum absolute atomic E-state index is 12.5. The van der Waals surface area contributed by atoms with Gasteiger partial charge in [-0.3, -0.25) is 0 Å². The van der Waals surface area contributed by atoms with Crippen molar-refractivity contribution < 1.29 is 19.1 Å². The van der Waals surface area contributed by atoms with E-state index in [-0.39, 0.29) is 24.8 Å². The first-order chi connectivity index (χ1) is 11.4. The van der Waals surface area contributed by atoms with Crippen LogP contribution in [0.5, 0.6) is 0 Å². The van der Waals surface area contributed by atoms with E-state index < -0.39 is 12.0 Å². The molecule has 0 aromatic heterocycles. The van der Waals surface area contributed by atoms with Gasteiger partial charge in [-0.25, -0.2) is 9.59 Å². The highest BCUT2D eigenvalue weighted by molar-refractivity contribution is 6.36. The number of ether oxygens (including phenoxy) is 2. The SMILES string of the molecule is COCCOC(=O)C1=C(C)N(C)C(=O)N[C@@H]1c1c(Cl)cccc1Cl. The molecule has 0 bridgehead atoms. The Labute approximate surface area is 150 Å². The fourth-order valence-electron chi connectivity index (χ4n) is 2.40. The van der Waals surface area contributed by atoms with Crippen molar-refractivity contribution in [1.82, 2.24) is 10.2 Å². The van der Waals surface area contributed by atoms with Crippen LogP contribution in [0.1, 0.15) is 18.5 Å². The summed E-state index contributed by atoms with van der Waals surface area (Å²) in [6.45, 7) is 2.05. The molecule has 1 aromatic rings. The zero-order valence-electron chi connectivity index (χ0n) is 13.6. The van der Waals surface area contributed by atoms with Crippen LogP contribution in [0.3, 0.4) is 0 Å². The van der Waals surface area contributed by atoms with Gasteiger partial charge >= 0.3 is 12.0 Å². The fraction of sp³-hybridized carbons (Fsp3) is 0.375. The van der Waals surface area contributed by atoms with Crippen molar-refractivity contribution in [2.75, 3.05) is 27.4 Å². The summed E-state index contributed by atoms with van der Waals surface area (Å²) in [6, 6.07) is 3.84. The standard InChI is InChI=1S/C16H18Cl2N2O4/c1-9-12(15(21)24-8-7-23-3)14(19-16(22)20(9)2)13-10(17)5-4-6-11(13)18/h4-6,14H,7-8H2,1-3H3,(H,19,22)/t14-/m0/s1. The Hall–Kier alpha value is -1.76. The molecule has 1 N–H and O–H groups in total. The summed E-state index contributed by atoms with van der Waals surface area (Å²) in [5, 5.41) is 3.45. The molecule has 2 amide bonds. The molecule has 2 rings (SSSR count). The number of carbonyl (C=O) groups excluding carboxylic acids is 2. The molecule has 1 aliphatic heterocycles. The summed E-state index contributed by atoms with van der Waals surface area (Å²) in [5.41, 5.74) is 1.21. The number of urea groups is 1. The summed E-state index contributed by atoms with van der Waals surface area (Å²) in [7, 11) is 3.08. The van der Waals surface area contributed by atoms with Crippen molar-refractivity contribution in [2.24, 2.45) is 0 Å². The Kier molecular flexibility index (Phi) is 6.10. The van der Waals surface area contributed by atoms with Gasteiger partial charge in [0.1, 0.15) is 6.61 Å². The Morgan fingerprint density at radius 1 is 1.29 bits per heavy atom. The third kappa shape index (κ3) is 3.66. The maximum Gasteiger partial charge on any atom is 0.338 e. The van der Waals surface area contributed by atoms with Crippen molar-refractivity contribution >= 4 is 35.2 Å². The van der Waals surface area contributed by atoms with Crippen LogP contribution < -0.4 is 5.32 Å². The molecule has 1 aromatic carbocycles. The predicted octanol–water partition coefficient (Wildman–Crippen LogP) is 3.15. The van der Waals surface area contributed by atoms with Crippen LogP contribution in [0.2, 0.25) is 10.0 Å². The van der Waals surface area contributed by atoms with Crippen LogP contribution in [0, 0.1) is 0 Å². The number of esters is 1. The van der Waals surface area contributed by atoms with E-state index in [0.717, 1.165) is 0 Å². The monoisotopic (exact) mass is 372 g/mol. The lowest BCUT2D eigenvalue weighted by Crippen LogP contribution is -2.46. The number of nitrogens with one attached hydrogen (secondary N) is 1. The number of carbonyl (C=O) groups is 2. The summed E-state index contributed by atoms with van der Waals surface area (Å²) < 4.78 is 10.1. The number of nitrogens with zero attached hydrogens (tertiary/aromatic N) is 1. The van der Waals surface area contributed by atoms with Crippen molar-refractivity contribution in [1.29, 1.82) is 0 Å². The van der Waals surface area contributed by atoms with E-state index in [1.165, 1.54) is 12.0 Å². The molecule has 1 aliphatic rings. The highest BCUT2D eigenvalue weighted by atomic mass is 35.5. The van der Waals surface area contributed by atoms with Gasteiger partial charge in [0.05, 0.1) is 18.2 Å². The third-order valence-corrected chi connectivity index (χ3v) is 4.44. The van der Waals surface area contributed by atoms with Crippen molar-refractivity contribution in [2.45, 2.75) is 13.0 Å². The van der Waals surface area contributed by atoms with Gasteiger partial charge in [-0.2, -0.15) is 0 Å². The molecule has 1 heterocycles. The molecule has 6 nitrogen and oxygen atoms in total. The van der Waals surface area contributed by atoms with Crippen molar-refractivity contribution in [3.05, 3.63) is 45.1 Å². The first kappa shape index (κ1) is 18.6. The summed E-state index contributed by atoms with van der Waals surface area (Å²) in [4.78, 5) is 26.0. The maximum atomic E-state index is 12.5. The Morgan fingerprint density at radius 3 is 2.50 bits per heavy atom. The molecule has 130 valence electrons. The van der Waals surface area contributed by atoms with Gasteiger partial charge < -0.3 is 19.7 Å². The third-order valence-electron chi connectivity index (χ3n) is 3.78. The van der Waals surface area contributed by atoms with Gasteiger partial charge in [0, 0.05) is 35.5 Å². The van der Waals surface area contributed by atoms with Crippen molar-refractivity contribution in [3.8, 4) is 0 Å². The summed E-state index contributed by atoms with van der Waals surface area (Å²) >= 11 is 12.5. The van der Waals surface area contributed by atoms with E-state index in [4.69, 9.17) is 32.7 Å². The molecule has 0 saturated heterocycles. The molecule has 0 unspecified atom stereocenters. The average Bonchev–Trinajstić information content (AvgIpc) is 2.52. The highest BCUT2D eigenvalue weighted by Gasteiger charge is 2.36. The Balaban J connectivity index is 2.47. The van der Waals surface area contributed by atoms with E-state index in [2.05, 4.69) is 5.32 Å². The van der Waals surface area contributed by atoms with Crippen LogP contribution in [-0.4, -0.2) is 44.3 Å². The summed E-state index contributed by atoms with van der Waals surface area (Å²) in [6.07, 6.45) is 0. The quantitative estimate of drug-likeness (QED) is 0.636. The van der Waals surface area contributed by atoms with E-state index in [0.29, 0.717) is 21.3 Å². The Morgan fingerprint density at radius 2 is 1.92 bits per heavy atom. The number of hydrogen-bond donors (Lipinski definition) is 1. The average molecular weight is 373 g/mol. The van der Waals surface area contributed by atoms with E-state index in [1.807, 2.05) is 0 Å². The minimum atomic E-state index is -0.787. The number of benzene rings is 1. The largest absolute Gasteiger partial charge is 0.460 e. The zero-order valence-corrected chi connectivity index (χ0v) is 15.1. The molecular formula is C16H18Cl2N2O4. The molecule has 0 saturated carbocycles. The minimum Gasteiger partial charge on any atom is -0.460 e. The lowest BCUT2D eigenvalue weighted by molar-refractivity contribution is -0.140. The van der Waals surface area contributed by atoms with Gasteiger partial charge in [-0.05, 0) is 19.1 Å². The van der Waals surface area contributed by atoms with Gasteiger partial charge in [-0.15, -0.1) is 0 Å². The first-order valence-electron chi connectivity index (χ1n) is 7.23. The fourth-order valence-corrected chi connectivity index (χ4v) is 3.01. The van der Waals surface area contributed by atoms with Crippen LogP contribution in [0.4, 0.5) is 4.79 Å². The predicted molar refractivity (Wildman–Crippen MR) is 91.0 cm³/mol. The van der Waals surface area contributed by atoms with Crippen LogP contribution in [0.15, 0.2) is 29.5 Å². The van der Waals surface area contributed by atoms with E-state index >= 15 is 0 Å². The topological polar surface area (TPSA) is 67.9 Å². The zero-order chi connectivity index (χ0) is 17.9. The molecular weight excluding hydrogens is 355 g/mol. The first-order valence-corrected chi connectivity index (χ1v) is 7.99. The van der Waals surface area contributed by atoms with Crippen LogP contribution in [-0.2, 0) is 14.3 Å². The number of halogens is 2. The molecule has 1 atom stereocenters. The number of amides is 2. The van der Waals surface area contributed by atoms with Crippen molar-refractivity contribution in [3.63, 3.8) is 0 Å². The number of hydrogen-bond acceptors (Lipinski definition) is 4. The number of allylic oxidation sites excluding steroid dienone is 1. The van der Waals surface area contributed by atoms with E-state index in [9.17, 15) is 9.59 Å². The van der Waals surface area contributed by atoms with Crippen LogP contribution in [0.25, 0.3) is 0 Å². The smallest absolute Gasteiger partial charge is 0.338 e. The second-order valence-electron chi connectivity index (χ2n) is 5.20. The molecule has 0 radical (unpaired) electrons. The molecule has 8 heteroatoms. The molecule has 24 heavy (non-hydrogen) atoms. The molecule has 0 spiro atoms. The van der Waals surface area contributed by atoms with Gasteiger partial charge in [-0.1, -0.05) is 29.3 Å². The minimum absolute atomic E-state index is 0.104. The second kappa shape index (κ2) is 7.88. The Bertz CT molecular complexity index is 670. The normalized spacial score (nSPS) is 17.8.